The maximum atomic E-state index is 11.5. The quantitative estimate of drug-likeness (QED) is 0.559. The highest BCUT2D eigenvalue weighted by molar-refractivity contribution is 7.21. The van der Waals surface area contributed by atoms with Crippen LogP contribution in [0.1, 0.15) is 37.7 Å². The van der Waals surface area contributed by atoms with Crippen LogP contribution < -0.4 is 11.2 Å². The molecule has 0 spiro atoms. The first kappa shape index (κ1) is 14.6. The SMILES string of the molecule is Nc1cc2sc3cc(=O)ccc-3nc2cc1CC1CCCCC1. The summed E-state index contributed by atoms with van der Waals surface area (Å²) < 4.78 is 1.05. The molecule has 1 fully saturated rings. The third kappa shape index (κ3) is 2.95. The van der Waals surface area contributed by atoms with Gasteiger partial charge in [0.15, 0.2) is 5.43 Å². The van der Waals surface area contributed by atoms with E-state index in [4.69, 9.17) is 10.7 Å². The first-order valence-electron chi connectivity index (χ1n) is 8.32. The number of nitrogens with two attached hydrogens (primary N) is 1. The van der Waals surface area contributed by atoms with Crippen LogP contribution in [0, 0.1) is 5.92 Å². The molecule has 2 aliphatic carbocycles. The predicted molar refractivity (Wildman–Crippen MR) is 97.2 cm³/mol. The number of hydrogen-bond donors (Lipinski definition) is 1. The molecule has 118 valence electrons. The zero-order valence-electron chi connectivity index (χ0n) is 13.0. The van der Waals surface area contributed by atoms with Crippen molar-refractivity contribution in [3.05, 3.63) is 46.1 Å². The maximum absolute atomic E-state index is 11.5. The third-order valence-corrected chi connectivity index (χ3v) is 5.94. The Bertz CT molecular complexity index is 880. The Balaban J connectivity index is 1.76. The van der Waals surface area contributed by atoms with Crippen molar-refractivity contribution < 1.29 is 0 Å². The number of fused-ring (bicyclic) bond motifs is 2. The van der Waals surface area contributed by atoms with Gasteiger partial charge in [0.1, 0.15) is 0 Å². The molecule has 1 saturated carbocycles. The Hall–Kier alpha value is -1.94. The van der Waals surface area contributed by atoms with E-state index in [1.807, 2.05) is 12.1 Å². The van der Waals surface area contributed by atoms with E-state index in [-0.39, 0.29) is 5.43 Å². The van der Waals surface area contributed by atoms with Crippen LogP contribution in [0.15, 0.2) is 35.1 Å². The molecule has 3 nitrogen and oxygen atoms in total. The van der Waals surface area contributed by atoms with Gasteiger partial charge in [-0.15, -0.1) is 11.3 Å². The summed E-state index contributed by atoms with van der Waals surface area (Å²) in [5, 5.41) is 0. The molecular formula is C19H20N2OS. The van der Waals surface area contributed by atoms with Crippen LogP contribution in [-0.4, -0.2) is 4.98 Å². The van der Waals surface area contributed by atoms with Gasteiger partial charge in [0.05, 0.1) is 20.8 Å². The maximum Gasteiger partial charge on any atom is 0.180 e. The number of rotatable bonds is 2. The second kappa shape index (κ2) is 5.93. The van der Waals surface area contributed by atoms with Gasteiger partial charge in [-0.25, -0.2) is 4.98 Å². The molecule has 0 amide bonds. The van der Waals surface area contributed by atoms with Crippen molar-refractivity contribution >= 4 is 27.2 Å². The minimum Gasteiger partial charge on any atom is -0.398 e. The number of nitrogens with zero attached hydrogens (tertiary/aromatic N) is 1. The minimum atomic E-state index is 0.0248. The van der Waals surface area contributed by atoms with Gasteiger partial charge < -0.3 is 5.73 Å². The van der Waals surface area contributed by atoms with Gasteiger partial charge in [-0.1, -0.05) is 32.1 Å². The van der Waals surface area contributed by atoms with Gasteiger partial charge in [0, 0.05) is 11.8 Å². The second-order valence-corrected chi connectivity index (χ2v) is 7.65. The van der Waals surface area contributed by atoms with Gasteiger partial charge in [-0.05, 0) is 42.2 Å². The standard InChI is InChI=1S/C19H20N2OS/c20-15-11-19-17(9-13(15)8-12-4-2-1-3-5-12)21-16-7-6-14(22)10-18(16)23-19/h6-7,9-12H,1-5,8,20H2. The lowest BCUT2D eigenvalue weighted by atomic mass is 9.84. The minimum absolute atomic E-state index is 0.0248. The van der Waals surface area contributed by atoms with Gasteiger partial charge in [0.2, 0.25) is 0 Å². The van der Waals surface area contributed by atoms with Gasteiger partial charge in [0.25, 0.3) is 0 Å². The van der Waals surface area contributed by atoms with E-state index in [0.29, 0.717) is 0 Å². The normalized spacial score (nSPS) is 16.2. The fourth-order valence-corrected chi connectivity index (χ4v) is 4.62. The molecular weight excluding hydrogens is 304 g/mol. The Morgan fingerprint density at radius 2 is 1.96 bits per heavy atom. The van der Waals surface area contributed by atoms with Gasteiger partial charge >= 0.3 is 0 Å². The summed E-state index contributed by atoms with van der Waals surface area (Å²) in [6.07, 6.45) is 7.77. The topological polar surface area (TPSA) is 56.0 Å². The highest BCUT2D eigenvalue weighted by atomic mass is 32.1. The van der Waals surface area contributed by atoms with E-state index in [9.17, 15) is 4.79 Å². The van der Waals surface area contributed by atoms with E-state index in [0.717, 1.165) is 38.8 Å². The van der Waals surface area contributed by atoms with Crippen LogP contribution in [0.2, 0.25) is 0 Å². The molecule has 4 heteroatoms. The molecule has 3 aliphatic rings. The number of benzene rings is 2. The molecule has 1 aromatic carbocycles. The summed E-state index contributed by atoms with van der Waals surface area (Å²) in [5.41, 5.74) is 10.3. The van der Waals surface area contributed by atoms with Crippen LogP contribution in [-0.2, 0) is 6.42 Å². The van der Waals surface area contributed by atoms with Gasteiger partial charge in [-0.3, -0.25) is 4.79 Å². The van der Waals surface area contributed by atoms with Crippen LogP contribution in [0.3, 0.4) is 0 Å². The first-order chi connectivity index (χ1) is 11.2. The summed E-state index contributed by atoms with van der Waals surface area (Å²) in [6.45, 7) is 0. The van der Waals surface area contributed by atoms with E-state index in [2.05, 4.69) is 6.07 Å². The Kier molecular flexibility index (Phi) is 3.77. The van der Waals surface area contributed by atoms with Crippen molar-refractivity contribution in [3.8, 4) is 10.6 Å². The molecule has 0 saturated heterocycles. The Morgan fingerprint density at radius 3 is 2.78 bits per heavy atom. The van der Waals surface area contributed by atoms with Crippen molar-refractivity contribution in [2.24, 2.45) is 5.92 Å². The molecule has 0 bridgehead atoms. The average Bonchev–Trinajstić information content (AvgIpc) is 2.55. The molecule has 1 heterocycles. The Morgan fingerprint density at radius 1 is 1.13 bits per heavy atom. The molecule has 0 radical (unpaired) electrons. The van der Waals surface area contributed by atoms with Crippen LogP contribution in [0.5, 0.6) is 0 Å². The van der Waals surface area contributed by atoms with Crippen LogP contribution >= 0.6 is 11.3 Å². The van der Waals surface area contributed by atoms with Crippen molar-refractivity contribution in [1.29, 1.82) is 0 Å². The number of hydrogen-bond acceptors (Lipinski definition) is 4. The van der Waals surface area contributed by atoms with Crippen LogP contribution in [0.25, 0.3) is 20.8 Å². The van der Waals surface area contributed by atoms with Crippen molar-refractivity contribution in [2.45, 2.75) is 38.5 Å². The van der Waals surface area contributed by atoms with Gasteiger partial charge in [-0.2, -0.15) is 0 Å². The smallest absolute Gasteiger partial charge is 0.180 e. The molecule has 0 aromatic heterocycles. The lowest BCUT2D eigenvalue weighted by Gasteiger charge is -2.22. The number of nitrogen functional groups attached to an aromatic ring is 1. The predicted octanol–water partition coefficient (Wildman–Crippen LogP) is 4.47. The average molecular weight is 324 g/mol. The number of anilines is 1. The zero-order valence-corrected chi connectivity index (χ0v) is 13.9. The zero-order chi connectivity index (χ0) is 15.8. The lowest BCUT2D eigenvalue weighted by molar-refractivity contribution is 0.357. The third-order valence-electron chi connectivity index (χ3n) is 4.85. The molecule has 1 aliphatic heterocycles. The molecule has 0 unspecified atom stereocenters. The molecule has 2 N–H and O–H groups in total. The molecule has 4 rings (SSSR count). The van der Waals surface area contributed by atoms with Crippen molar-refractivity contribution in [2.75, 3.05) is 5.73 Å². The summed E-state index contributed by atoms with van der Waals surface area (Å²) in [6, 6.07) is 9.22. The van der Waals surface area contributed by atoms with Crippen molar-refractivity contribution in [3.63, 3.8) is 0 Å². The lowest BCUT2D eigenvalue weighted by Crippen LogP contribution is -2.10. The summed E-state index contributed by atoms with van der Waals surface area (Å²) in [5.74, 6) is 0.760. The van der Waals surface area contributed by atoms with Crippen molar-refractivity contribution in [1.82, 2.24) is 4.98 Å². The molecule has 23 heavy (non-hydrogen) atoms. The summed E-state index contributed by atoms with van der Waals surface area (Å²) in [4.78, 5) is 17.2. The summed E-state index contributed by atoms with van der Waals surface area (Å²) >= 11 is 1.59. The fraction of sp³-hybridized carbons (Fsp3) is 0.368. The van der Waals surface area contributed by atoms with Crippen LogP contribution in [0.4, 0.5) is 5.69 Å². The van der Waals surface area contributed by atoms with E-state index < -0.39 is 0 Å². The highest BCUT2D eigenvalue weighted by Crippen LogP contribution is 2.34. The van der Waals surface area contributed by atoms with E-state index in [1.165, 1.54) is 37.7 Å². The first-order valence-corrected chi connectivity index (χ1v) is 9.14. The second-order valence-electron chi connectivity index (χ2n) is 6.57. The molecule has 1 aromatic rings. The fourth-order valence-electron chi connectivity index (χ4n) is 3.59. The summed E-state index contributed by atoms with van der Waals surface area (Å²) in [7, 11) is 0. The monoisotopic (exact) mass is 324 g/mol. The highest BCUT2D eigenvalue weighted by Gasteiger charge is 2.16. The van der Waals surface area contributed by atoms with E-state index in [1.54, 1.807) is 23.5 Å². The Labute approximate surface area is 139 Å². The van der Waals surface area contributed by atoms with E-state index >= 15 is 0 Å². The largest absolute Gasteiger partial charge is 0.398 e. The molecule has 0 atom stereocenters. The number of aromatic nitrogens is 1.